The van der Waals surface area contributed by atoms with Crippen molar-refractivity contribution in [3.8, 4) is 0 Å². The number of carbonyl (C=O) groups excluding carboxylic acids is 1. The van der Waals surface area contributed by atoms with Gasteiger partial charge in [0.2, 0.25) is 0 Å². The van der Waals surface area contributed by atoms with Crippen LogP contribution in [-0.2, 0) is 14.4 Å². The van der Waals surface area contributed by atoms with Crippen LogP contribution in [0.15, 0.2) is 11.6 Å². The van der Waals surface area contributed by atoms with Gasteiger partial charge in [-0.05, 0) is 18.4 Å². The number of carboxylic acids is 3. The molecule has 0 bridgehead atoms. The molecule has 0 amide bonds. The van der Waals surface area contributed by atoms with E-state index in [0.717, 1.165) is 12.8 Å². The predicted octanol–water partition coefficient (Wildman–Crippen LogP) is 2.49. The van der Waals surface area contributed by atoms with Crippen molar-refractivity contribution in [1.29, 1.82) is 0 Å². The summed E-state index contributed by atoms with van der Waals surface area (Å²) in [5.74, 6) is -3.34. The number of hydrogen-bond acceptors (Lipinski definition) is 4. The van der Waals surface area contributed by atoms with Crippen molar-refractivity contribution in [3.63, 3.8) is 0 Å². The van der Waals surface area contributed by atoms with E-state index in [9.17, 15) is 19.5 Å². The minimum Gasteiger partial charge on any atom is -0.545 e. The molecule has 0 saturated carbocycles. The predicted molar refractivity (Wildman–Crippen MR) is 118 cm³/mol. The average molecular weight is 451 g/mol. The van der Waals surface area contributed by atoms with Gasteiger partial charge < -0.3 is 20.1 Å². The summed E-state index contributed by atoms with van der Waals surface area (Å²) in [6, 6.07) is 0. The Morgan fingerprint density at radius 1 is 0.677 bits per heavy atom. The van der Waals surface area contributed by atoms with E-state index >= 15 is 0 Å². The van der Waals surface area contributed by atoms with Crippen LogP contribution in [0.1, 0.15) is 123 Å². The summed E-state index contributed by atoms with van der Waals surface area (Å²) in [6.45, 7) is 3.82. The van der Waals surface area contributed by atoms with E-state index in [2.05, 4.69) is 6.92 Å². The van der Waals surface area contributed by atoms with E-state index < -0.39 is 17.9 Å². The van der Waals surface area contributed by atoms with Crippen molar-refractivity contribution >= 4 is 17.9 Å². The summed E-state index contributed by atoms with van der Waals surface area (Å²) in [4.78, 5) is 30.3. The first kappa shape index (κ1) is 34.8. The Morgan fingerprint density at radius 2 is 1.03 bits per heavy atom. The number of hydrogen-bond donors (Lipinski definition) is 2. The molecular weight excluding hydrogens is 407 g/mol. The quantitative estimate of drug-likeness (QED) is 0.177. The van der Waals surface area contributed by atoms with Gasteiger partial charge in [0, 0.05) is 12.5 Å². The van der Waals surface area contributed by atoms with Crippen molar-refractivity contribution < 1.29 is 59.3 Å². The van der Waals surface area contributed by atoms with E-state index in [1.165, 1.54) is 83.5 Å². The molecule has 0 rings (SSSR count). The van der Waals surface area contributed by atoms with E-state index in [1.54, 1.807) is 6.92 Å². The van der Waals surface area contributed by atoms with Gasteiger partial charge in [0.05, 0.1) is 5.97 Å². The molecule has 0 fully saturated rings. The third kappa shape index (κ3) is 31.4. The summed E-state index contributed by atoms with van der Waals surface area (Å²) in [5, 5.41) is 26.6. The normalized spacial score (nSPS) is 10.6. The molecule has 176 valence electrons. The Hall–Kier alpha value is -0.850. The summed E-state index contributed by atoms with van der Waals surface area (Å²) >= 11 is 0. The van der Waals surface area contributed by atoms with Gasteiger partial charge in [-0.15, -0.1) is 0 Å². The van der Waals surface area contributed by atoms with Gasteiger partial charge in [-0.1, -0.05) is 104 Å². The van der Waals surface area contributed by atoms with E-state index in [1.807, 2.05) is 0 Å². The summed E-state index contributed by atoms with van der Waals surface area (Å²) in [6.07, 6.45) is 21.0. The molecule has 0 spiro atoms. The Bertz CT molecular complexity index is 477. The first-order valence-corrected chi connectivity index (χ1v) is 11.7. The number of aliphatic carboxylic acids is 3. The molecule has 0 aromatic heterocycles. The van der Waals surface area contributed by atoms with Crippen LogP contribution in [0.2, 0.25) is 0 Å². The number of carbonyl (C=O) groups is 3. The second kappa shape index (κ2) is 27.2. The molecule has 31 heavy (non-hydrogen) atoms. The number of carboxylic acid groups (broad SMARTS) is 3. The van der Waals surface area contributed by atoms with Gasteiger partial charge in [-0.2, -0.15) is 0 Å². The van der Waals surface area contributed by atoms with Crippen LogP contribution in [0.3, 0.4) is 0 Å². The molecule has 6 nitrogen and oxygen atoms in total. The molecule has 0 saturated heterocycles. The number of unbranched alkanes of at least 4 members (excludes halogenated alkanes) is 14. The number of rotatable bonds is 19. The fourth-order valence-electron chi connectivity index (χ4n) is 3.10. The van der Waals surface area contributed by atoms with Crippen LogP contribution in [-0.4, -0.2) is 28.1 Å². The first-order chi connectivity index (χ1) is 14.3. The topological polar surface area (TPSA) is 115 Å². The SMILES string of the molecule is CC/C(=C\C(=O)O)C(=O)[O-].CCCCCCCCCCCCCCCCCC(=O)O.[Na+]. The van der Waals surface area contributed by atoms with Crippen LogP contribution in [0, 0.1) is 0 Å². The van der Waals surface area contributed by atoms with Crippen molar-refractivity contribution in [2.45, 2.75) is 123 Å². The third-order valence-corrected chi connectivity index (χ3v) is 4.93. The summed E-state index contributed by atoms with van der Waals surface area (Å²) in [7, 11) is 0. The third-order valence-electron chi connectivity index (χ3n) is 4.93. The van der Waals surface area contributed by atoms with Crippen molar-refractivity contribution in [2.24, 2.45) is 0 Å². The van der Waals surface area contributed by atoms with Gasteiger partial charge >= 0.3 is 41.5 Å². The van der Waals surface area contributed by atoms with E-state index in [-0.39, 0.29) is 41.6 Å². The Kier molecular flexibility index (Phi) is 30.5. The minimum absolute atomic E-state index is 0. The van der Waals surface area contributed by atoms with E-state index in [4.69, 9.17) is 10.2 Å². The summed E-state index contributed by atoms with van der Waals surface area (Å²) < 4.78 is 0. The zero-order valence-corrected chi connectivity index (χ0v) is 22.1. The van der Waals surface area contributed by atoms with Crippen molar-refractivity contribution in [1.82, 2.24) is 0 Å². The van der Waals surface area contributed by atoms with E-state index in [0.29, 0.717) is 12.5 Å². The smallest absolute Gasteiger partial charge is 0.545 e. The van der Waals surface area contributed by atoms with Crippen LogP contribution in [0.5, 0.6) is 0 Å². The molecule has 7 heteroatoms. The van der Waals surface area contributed by atoms with Crippen LogP contribution in [0.4, 0.5) is 0 Å². The standard InChI is InChI=1S/C18H36O2.C6H8O4.Na/c1-2-3-4-5-6-7-8-9-10-11-12-13-14-15-16-17-18(19)20;1-2-4(6(9)10)3-5(7)8;/h2-17H2,1H3,(H,19,20);3H,2H2,1H3,(H,7,8)(H,9,10);/q;;+1/p-1/b;4-3+;. The summed E-state index contributed by atoms with van der Waals surface area (Å²) in [5.41, 5.74) is -0.201. The fraction of sp³-hybridized carbons (Fsp3) is 0.792. The second-order valence-electron chi connectivity index (χ2n) is 7.74. The Labute approximate surface area is 211 Å². The maximum absolute atomic E-state index is 10.3. The van der Waals surface area contributed by atoms with Gasteiger partial charge in [0.15, 0.2) is 0 Å². The minimum atomic E-state index is -1.43. The van der Waals surface area contributed by atoms with Crippen LogP contribution < -0.4 is 34.7 Å². The zero-order valence-electron chi connectivity index (χ0n) is 20.1. The fourth-order valence-corrected chi connectivity index (χ4v) is 3.10. The van der Waals surface area contributed by atoms with Gasteiger partial charge in [0.25, 0.3) is 0 Å². The molecule has 0 aromatic carbocycles. The Morgan fingerprint density at radius 3 is 1.26 bits per heavy atom. The average Bonchev–Trinajstić information content (AvgIpc) is 2.69. The van der Waals surface area contributed by atoms with Crippen LogP contribution >= 0.6 is 0 Å². The molecule has 0 atom stereocenters. The molecular formula is C24H43NaO6. The monoisotopic (exact) mass is 450 g/mol. The molecule has 0 aliphatic heterocycles. The van der Waals surface area contributed by atoms with Gasteiger partial charge in [0.1, 0.15) is 0 Å². The maximum atomic E-state index is 10.3. The molecule has 0 aromatic rings. The second-order valence-corrected chi connectivity index (χ2v) is 7.74. The van der Waals surface area contributed by atoms with Crippen molar-refractivity contribution in [3.05, 3.63) is 11.6 Å². The molecule has 0 aliphatic rings. The maximum Gasteiger partial charge on any atom is 1.00 e. The Balaban J connectivity index is -0.000000604. The van der Waals surface area contributed by atoms with Crippen LogP contribution in [0.25, 0.3) is 0 Å². The molecule has 0 aliphatic carbocycles. The molecule has 0 radical (unpaired) electrons. The molecule has 0 unspecified atom stereocenters. The van der Waals surface area contributed by atoms with Gasteiger partial charge in [-0.3, -0.25) is 4.79 Å². The zero-order chi connectivity index (χ0) is 23.0. The van der Waals surface area contributed by atoms with Gasteiger partial charge in [-0.25, -0.2) is 4.79 Å². The van der Waals surface area contributed by atoms with Crippen molar-refractivity contribution in [2.75, 3.05) is 0 Å². The molecule has 0 heterocycles. The molecule has 2 N–H and O–H groups in total. The largest absolute Gasteiger partial charge is 1.00 e. The first-order valence-electron chi connectivity index (χ1n) is 11.7.